The third-order valence-electron chi connectivity index (χ3n) is 4.32. The van der Waals surface area contributed by atoms with Crippen LogP contribution in [0.15, 0.2) is 53.0 Å². The monoisotopic (exact) mass is 389 g/mol. The van der Waals surface area contributed by atoms with Gasteiger partial charge in [0.05, 0.1) is 13.2 Å². The summed E-state index contributed by atoms with van der Waals surface area (Å²) in [6.45, 7) is 0.641. The molecular weight excluding hydrogens is 370 g/mol. The van der Waals surface area contributed by atoms with E-state index in [1.165, 1.54) is 0 Å². The van der Waals surface area contributed by atoms with Crippen molar-refractivity contribution >= 4 is 21.8 Å². The number of para-hydroxylation sites is 1. The van der Waals surface area contributed by atoms with Crippen LogP contribution in [0.4, 0.5) is 0 Å². The molecule has 1 amide bonds. The molecule has 1 atom stereocenters. The second-order valence-corrected chi connectivity index (χ2v) is 6.85. The Kier molecular flexibility index (Phi) is 5.21. The minimum Gasteiger partial charge on any atom is -0.493 e. The molecule has 4 nitrogen and oxygen atoms in total. The maximum Gasteiger partial charge on any atom is 0.220 e. The SMILES string of the molecule is O=C(CCc1ccccc1Br)NCC1(O)CCOc2ccccc21. The van der Waals surface area contributed by atoms with Crippen LogP contribution in [0.25, 0.3) is 0 Å². The molecule has 2 aromatic carbocycles. The van der Waals surface area contributed by atoms with Gasteiger partial charge in [0.1, 0.15) is 11.4 Å². The fraction of sp³-hybridized carbons (Fsp3) is 0.316. The molecule has 126 valence electrons. The number of carbonyl (C=O) groups excluding carboxylic acids is 1. The maximum atomic E-state index is 12.2. The molecule has 2 N–H and O–H groups in total. The molecule has 1 aliphatic heterocycles. The van der Waals surface area contributed by atoms with Crippen molar-refractivity contribution in [3.63, 3.8) is 0 Å². The molecule has 2 aromatic rings. The summed E-state index contributed by atoms with van der Waals surface area (Å²) in [5, 5.41) is 13.8. The predicted octanol–water partition coefficient (Wildman–Crippen LogP) is 3.17. The smallest absolute Gasteiger partial charge is 0.220 e. The summed E-state index contributed by atoms with van der Waals surface area (Å²) >= 11 is 3.49. The second kappa shape index (κ2) is 7.36. The number of amides is 1. The highest BCUT2D eigenvalue weighted by atomic mass is 79.9. The summed E-state index contributed by atoms with van der Waals surface area (Å²) in [6, 6.07) is 15.3. The molecule has 1 unspecified atom stereocenters. The fourth-order valence-corrected chi connectivity index (χ4v) is 3.39. The van der Waals surface area contributed by atoms with Crippen molar-refractivity contribution in [2.24, 2.45) is 0 Å². The molecule has 24 heavy (non-hydrogen) atoms. The zero-order valence-electron chi connectivity index (χ0n) is 13.3. The summed E-state index contributed by atoms with van der Waals surface area (Å²) in [5.41, 5.74) is 0.766. The van der Waals surface area contributed by atoms with Crippen LogP contribution in [0.2, 0.25) is 0 Å². The minimum atomic E-state index is -1.07. The van der Waals surface area contributed by atoms with Crippen LogP contribution in [0.3, 0.4) is 0 Å². The average molecular weight is 390 g/mol. The Bertz CT molecular complexity index is 734. The number of aryl methyl sites for hydroxylation is 1. The highest BCUT2D eigenvalue weighted by molar-refractivity contribution is 9.10. The van der Waals surface area contributed by atoms with E-state index in [2.05, 4.69) is 21.2 Å². The minimum absolute atomic E-state index is 0.0665. The number of carbonyl (C=O) groups is 1. The van der Waals surface area contributed by atoms with E-state index in [0.717, 1.165) is 15.6 Å². The van der Waals surface area contributed by atoms with Crippen LogP contribution in [-0.4, -0.2) is 24.2 Å². The summed E-state index contributed by atoms with van der Waals surface area (Å²) in [6.07, 6.45) is 1.51. The Balaban J connectivity index is 1.58. The highest BCUT2D eigenvalue weighted by Gasteiger charge is 2.35. The fourth-order valence-electron chi connectivity index (χ4n) is 2.91. The van der Waals surface area contributed by atoms with Crippen LogP contribution in [0, 0.1) is 0 Å². The molecule has 5 heteroatoms. The van der Waals surface area contributed by atoms with Crippen molar-refractivity contribution in [2.45, 2.75) is 24.9 Å². The van der Waals surface area contributed by atoms with Gasteiger partial charge in [0, 0.05) is 22.9 Å². The molecule has 1 heterocycles. The van der Waals surface area contributed by atoms with E-state index in [9.17, 15) is 9.90 Å². The van der Waals surface area contributed by atoms with E-state index in [0.29, 0.717) is 31.6 Å². The van der Waals surface area contributed by atoms with Crippen LogP contribution >= 0.6 is 15.9 Å². The molecule has 0 fully saturated rings. The lowest BCUT2D eigenvalue weighted by molar-refractivity contribution is -0.122. The molecule has 0 radical (unpaired) electrons. The first-order valence-electron chi connectivity index (χ1n) is 8.03. The second-order valence-electron chi connectivity index (χ2n) is 5.99. The van der Waals surface area contributed by atoms with Crippen molar-refractivity contribution in [1.29, 1.82) is 0 Å². The standard InChI is InChI=1S/C19H20BrNO3/c20-16-7-3-1-5-14(16)9-10-18(22)21-13-19(23)11-12-24-17-8-4-2-6-15(17)19/h1-8,23H,9-13H2,(H,21,22). The van der Waals surface area contributed by atoms with Gasteiger partial charge in [-0.05, 0) is 24.1 Å². The number of halogens is 1. The number of fused-ring (bicyclic) bond motifs is 1. The molecule has 0 bridgehead atoms. The van der Waals surface area contributed by atoms with E-state index in [-0.39, 0.29) is 12.5 Å². The maximum absolute atomic E-state index is 12.2. The highest BCUT2D eigenvalue weighted by Crippen LogP contribution is 2.36. The molecule has 1 aliphatic rings. The van der Waals surface area contributed by atoms with E-state index in [1.54, 1.807) is 0 Å². The number of ether oxygens (including phenoxy) is 1. The first-order valence-corrected chi connectivity index (χ1v) is 8.82. The quantitative estimate of drug-likeness (QED) is 0.825. The first kappa shape index (κ1) is 17.0. The average Bonchev–Trinajstić information content (AvgIpc) is 2.60. The molecule has 0 saturated heterocycles. The van der Waals surface area contributed by atoms with Gasteiger partial charge in [0.15, 0.2) is 0 Å². The van der Waals surface area contributed by atoms with Crippen LogP contribution in [0.1, 0.15) is 24.0 Å². The lowest BCUT2D eigenvalue weighted by Gasteiger charge is -2.34. The van der Waals surface area contributed by atoms with Gasteiger partial charge >= 0.3 is 0 Å². The third-order valence-corrected chi connectivity index (χ3v) is 5.09. The van der Waals surface area contributed by atoms with Gasteiger partial charge < -0.3 is 15.2 Å². The van der Waals surface area contributed by atoms with Gasteiger partial charge in [-0.3, -0.25) is 4.79 Å². The Labute approximate surface area is 150 Å². The zero-order chi connectivity index (χ0) is 17.0. The van der Waals surface area contributed by atoms with Crippen molar-refractivity contribution in [3.05, 3.63) is 64.1 Å². The van der Waals surface area contributed by atoms with Crippen molar-refractivity contribution in [3.8, 4) is 5.75 Å². The molecule has 0 aromatic heterocycles. The van der Waals surface area contributed by atoms with Crippen LogP contribution in [0.5, 0.6) is 5.75 Å². The zero-order valence-corrected chi connectivity index (χ0v) is 14.9. The van der Waals surface area contributed by atoms with E-state index in [4.69, 9.17) is 4.74 Å². The summed E-state index contributed by atoms with van der Waals surface area (Å²) in [7, 11) is 0. The Morgan fingerprint density at radius 3 is 2.79 bits per heavy atom. The van der Waals surface area contributed by atoms with Gasteiger partial charge in [0.2, 0.25) is 5.91 Å². The summed E-state index contributed by atoms with van der Waals surface area (Å²) in [5.74, 6) is 0.622. The Morgan fingerprint density at radius 2 is 1.96 bits per heavy atom. The first-order chi connectivity index (χ1) is 11.6. The van der Waals surface area contributed by atoms with Crippen LogP contribution < -0.4 is 10.1 Å². The van der Waals surface area contributed by atoms with Crippen LogP contribution in [-0.2, 0) is 16.8 Å². The predicted molar refractivity (Wildman–Crippen MR) is 95.9 cm³/mol. The topological polar surface area (TPSA) is 58.6 Å². The number of benzene rings is 2. The molecule has 0 saturated carbocycles. The number of hydrogen-bond acceptors (Lipinski definition) is 3. The molecule has 0 spiro atoms. The summed E-state index contributed by atoms with van der Waals surface area (Å²) < 4.78 is 6.58. The van der Waals surface area contributed by atoms with Gasteiger partial charge in [-0.1, -0.05) is 52.3 Å². The van der Waals surface area contributed by atoms with E-state index < -0.39 is 5.60 Å². The van der Waals surface area contributed by atoms with Crippen molar-refractivity contribution in [1.82, 2.24) is 5.32 Å². The van der Waals surface area contributed by atoms with Gasteiger partial charge in [-0.2, -0.15) is 0 Å². The number of nitrogens with one attached hydrogen (secondary N) is 1. The normalized spacial score (nSPS) is 19.2. The number of rotatable bonds is 5. The Morgan fingerprint density at radius 1 is 1.21 bits per heavy atom. The third kappa shape index (κ3) is 3.79. The van der Waals surface area contributed by atoms with E-state index >= 15 is 0 Å². The van der Waals surface area contributed by atoms with Gasteiger partial charge in [0.25, 0.3) is 0 Å². The molecular formula is C19H20BrNO3. The molecule has 0 aliphatic carbocycles. The van der Waals surface area contributed by atoms with Gasteiger partial charge in [-0.15, -0.1) is 0 Å². The van der Waals surface area contributed by atoms with E-state index in [1.807, 2.05) is 48.5 Å². The Hall–Kier alpha value is -1.85. The largest absolute Gasteiger partial charge is 0.493 e. The number of aliphatic hydroxyl groups is 1. The number of hydrogen-bond donors (Lipinski definition) is 2. The molecule has 3 rings (SSSR count). The van der Waals surface area contributed by atoms with Crippen molar-refractivity contribution < 1.29 is 14.6 Å². The van der Waals surface area contributed by atoms with Crippen molar-refractivity contribution in [2.75, 3.05) is 13.2 Å². The van der Waals surface area contributed by atoms with Gasteiger partial charge in [-0.25, -0.2) is 0 Å². The summed E-state index contributed by atoms with van der Waals surface area (Å²) in [4.78, 5) is 12.2. The lowest BCUT2D eigenvalue weighted by atomic mass is 9.88. The lowest BCUT2D eigenvalue weighted by Crippen LogP contribution is -2.43.